The zero-order valence-corrected chi connectivity index (χ0v) is 16.4. The number of pyridine rings is 2. The quantitative estimate of drug-likeness (QED) is 0.794. The third kappa shape index (κ3) is 4.14. The van der Waals surface area contributed by atoms with Crippen molar-refractivity contribution in [2.75, 3.05) is 47.8 Å². The van der Waals surface area contributed by atoms with E-state index in [1.54, 1.807) is 24.1 Å². The van der Waals surface area contributed by atoms with Crippen LogP contribution in [0, 0.1) is 0 Å². The van der Waals surface area contributed by atoms with Gasteiger partial charge in [-0.2, -0.15) is 0 Å². The average molecular weight is 395 g/mol. The summed E-state index contributed by atoms with van der Waals surface area (Å²) in [5, 5.41) is 3.18. The molecule has 2 amide bonds. The minimum atomic E-state index is -0.425. The first kappa shape index (κ1) is 19.1. The molecule has 0 spiro atoms. The maximum Gasteiger partial charge on any atom is 0.243 e. The fourth-order valence-corrected chi connectivity index (χ4v) is 3.67. The van der Waals surface area contributed by atoms with Crippen LogP contribution in [0.25, 0.3) is 0 Å². The molecule has 0 saturated carbocycles. The minimum Gasteiger partial charge on any atom is -0.367 e. The van der Waals surface area contributed by atoms with E-state index in [1.165, 1.54) is 0 Å². The summed E-state index contributed by atoms with van der Waals surface area (Å²) in [6, 6.07) is 7.11. The summed E-state index contributed by atoms with van der Waals surface area (Å²) in [5.74, 6) is 1.35. The van der Waals surface area contributed by atoms with Gasteiger partial charge in [0, 0.05) is 57.6 Å². The van der Waals surface area contributed by atoms with E-state index in [0.29, 0.717) is 24.6 Å². The van der Waals surface area contributed by atoms with E-state index in [2.05, 4.69) is 20.2 Å². The second-order valence-electron chi connectivity index (χ2n) is 7.30. The SMILES string of the molecule is CC(=O)N1CCN(c2ccc(Nc3cc(N4CCC(N)C4=O)ccn3)nc2)CC1. The van der Waals surface area contributed by atoms with Gasteiger partial charge in [0.05, 0.1) is 17.9 Å². The topological polar surface area (TPSA) is 108 Å². The summed E-state index contributed by atoms with van der Waals surface area (Å²) in [6.45, 7) is 5.27. The predicted octanol–water partition coefficient (Wildman–Crippen LogP) is 0.953. The largest absolute Gasteiger partial charge is 0.367 e. The van der Waals surface area contributed by atoms with Crippen molar-refractivity contribution in [3.8, 4) is 0 Å². The Kier molecular flexibility index (Phi) is 5.30. The summed E-state index contributed by atoms with van der Waals surface area (Å²) in [5.41, 5.74) is 7.61. The Hall–Kier alpha value is -3.20. The van der Waals surface area contributed by atoms with Crippen LogP contribution in [0.2, 0.25) is 0 Å². The molecule has 9 nitrogen and oxygen atoms in total. The van der Waals surface area contributed by atoms with E-state index in [4.69, 9.17) is 5.73 Å². The van der Waals surface area contributed by atoms with Crippen LogP contribution in [0.4, 0.5) is 23.0 Å². The van der Waals surface area contributed by atoms with Crippen molar-refractivity contribution >= 4 is 34.8 Å². The van der Waals surface area contributed by atoms with Crippen LogP contribution in [0.15, 0.2) is 36.7 Å². The molecule has 2 aliphatic rings. The number of rotatable bonds is 4. The van der Waals surface area contributed by atoms with E-state index in [1.807, 2.05) is 29.3 Å². The van der Waals surface area contributed by atoms with Gasteiger partial charge in [-0.05, 0) is 24.6 Å². The highest BCUT2D eigenvalue weighted by atomic mass is 16.2. The van der Waals surface area contributed by atoms with Crippen molar-refractivity contribution in [2.45, 2.75) is 19.4 Å². The average Bonchev–Trinajstić information content (AvgIpc) is 3.07. The van der Waals surface area contributed by atoms with Crippen LogP contribution in [0.5, 0.6) is 0 Å². The first-order valence-electron chi connectivity index (χ1n) is 9.78. The number of hydrogen-bond donors (Lipinski definition) is 2. The number of nitrogens with zero attached hydrogens (tertiary/aromatic N) is 5. The summed E-state index contributed by atoms with van der Waals surface area (Å²) in [4.78, 5) is 38.2. The fourth-order valence-electron chi connectivity index (χ4n) is 3.67. The Labute approximate surface area is 169 Å². The van der Waals surface area contributed by atoms with Crippen LogP contribution < -0.4 is 20.9 Å². The number of nitrogens with one attached hydrogen (secondary N) is 1. The number of anilines is 4. The molecule has 0 radical (unpaired) electrons. The van der Waals surface area contributed by atoms with Gasteiger partial charge in [-0.15, -0.1) is 0 Å². The number of aromatic nitrogens is 2. The smallest absolute Gasteiger partial charge is 0.243 e. The molecule has 2 fully saturated rings. The van der Waals surface area contributed by atoms with Crippen molar-refractivity contribution in [1.82, 2.24) is 14.9 Å². The van der Waals surface area contributed by atoms with E-state index < -0.39 is 6.04 Å². The molecular formula is C20H25N7O2. The minimum absolute atomic E-state index is 0.0606. The summed E-state index contributed by atoms with van der Waals surface area (Å²) in [7, 11) is 0. The van der Waals surface area contributed by atoms with Crippen molar-refractivity contribution in [3.05, 3.63) is 36.7 Å². The third-order valence-electron chi connectivity index (χ3n) is 5.40. The van der Waals surface area contributed by atoms with Gasteiger partial charge < -0.3 is 25.8 Å². The highest BCUT2D eigenvalue weighted by Crippen LogP contribution is 2.24. The Morgan fingerprint density at radius 2 is 1.86 bits per heavy atom. The molecule has 0 aliphatic carbocycles. The Morgan fingerprint density at radius 1 is 1.07 bits per heavy atom. The third-order valence-corrected chi connectivity index (χ3v) is 5.40. The van der Waals surface area contributed by atoms with Gasteiger partial charge >= 0.3 is 0 Å². The predicted molar refractivity (Wildman–Crippen MR) is 111 cm³/mol. The molecule has 152 valence electrons. The summed E-state index contributed by atoms with van der Waals surface area (Å²) < 4.78 is 0. The van der Waals surface area contributed by atoms with Crippen molar-refractivity contribution in [2.24, 2.45) is 5.73 Å². The van der Waals surface area contributed by atoms with Crippen LogP contribution in [0.3, 0.4) is 0 Å². The molecule has 29 heavy (non-hydrogen) atoms. The molecule has 2 aliphatic heterocycles. The standard InChI is InChI=1S/C20H25N7O2/c1-14(28)25-8-10-26(11-9-25)16-2-3-18(23-13-16)24-19-12-15(4-6-22-19)27-7-5-17(21)20(27)29/h2-4,6,12-13,17H,5,7-11,21H2,1H3,(H,22,23,24). The van der Waals surface area contributed by atoms with Crippen LogP contribution in [-0.2, 0) is 9.59 Å². The molecule has 2 aromatic heterocycles. The van der Waals surface area contributed by atoms with Gasteiger partial charge in [-0.1, -0.05) is 0 Å². The van der Waals surface area contributed by atoms with E-state index in [9.17, 15) is 9.59 Å². The molecule has 1 atom stereocenters. The number of carbonyl (C=O) groups is 2. The zero-order valence-electron chi connectivity index (χ0n) is 16.4. The highest BCUT2D eigenvalue weighted by Gasteiger charge is 2.29. The molecule has 0 aromatic carbocycles. The zero-order chi connectivity index (χ0) is 20.4. The lowest BCUT2D eigenvalue weighted by Crippen LogP contribution is -2.48. The number of nitrogens with two attached hydrogens (primary N) is 1. The van der Waals surface area contributed by atoms with Crippen molar-refractivity contribution < 1.29 is 9.59 Å². The van der Waals surface area contributed by atoms with Gasteiger partial charge in [-0.3, -0.25) is 9.59 Å². The Morgan fingerprint density at radius 3 is 2.48 bits per heavy atom. The first-order chi connectivity index (χ1) is 14.0. The molecule has 3 N–H and O–H groups in total. The lowest BCUT2D eigenvalue weighted by Gasteiger charge is -2.35. The van der Waals surface area contributed by atoms with Crippen LogP contribution in [0.1, 0.15) is 13.3 Å². The normalized spacial score (nSPS) is 19.6. The van der Waals surface area contributed by atoms with Gasteiger partial charge in [0.1, 0.15) is 11.6 Å². The molecule has 1 unspecified atom stereocenters. The van der Waals surface area contributed by atoms with Crippen molar-refractivity contribution in [1.29, 1.82) is 0 Å². The lowest BCUT2D eigenvalue weighted by atomic mass is 10.2. The molecule has 2 aromatic rings. The maximum absolute atomic E-state index is 12.1. The second-order valence-corrected chi connectivity index (χ2v) is 7.30. The second kappa shape index (κ2) is 8.04. The van der Waals surface area contributed by atoms with Gasteiger partial charge in [0.15, 0.2) is 0 Å². The molecule has 0 bridgehead atoms. The number of hydrogen-bond acceptors (Lipinski definition) is 7. The molecular weight excluding hydrogens is 370 g/mol. The number of amides is 2. The molecule has 4 heterocycles. The van der Waals surface area contributed by atoms with Gasteiger partial charge in [0.2, 0.25) is 11.8 Å². The number of carbonyl (C=O) groups excluding carboxylic acids is 2. The summed E-state index contributed by atoms with van der Waals surface area (Å²) >= 11 is 0. The fraction of sp³-hybridized carbons (Fsp3) is 0.400. The Balaban J connectivity index is 1.40. The lowest BCUT2D eigenvalue weighted by molar-refractivity contribution is -0.129. The number of piperazine rings is 1. The molecule has 2 saturated heterocycles. The van der Waals surface area contributed by atoms with Crippen molar-refractivity contribution in [3.63, 3.8) is 0 Å². The van der Waals surface area contributed by atoms with E-state index >= 15 is 0 Å². The van der Waals surface area contributed by atoms with Crippen LogP contribution in [-0.4, -0.2) is 65.4 Å². The van der Waals surface area contributed by atoms with E-state index in [-0.39, 0.29) is 11.8 Å². The van der Waals surface area contributed by atoms with Gasteiger partial charge in [-0.25, -0.2) is 9.97 Å². The molecule has 9 heteroatoms. The monoisotopic (exact) mass is 395 g/mol. The van der Waals surface area contributed by atoms with Gasteiger partial charge in [0.25, 0.3) is 0 Å². The highest BCUT2D eigenvalue weighted by molar-refractivity contribution is 5.99. The summed E-state index contributed by atoms with van der Waals surface area (Å²) in [6.07, 6.45) is 4.14. The van der Waals surface area contributed by atoms with E-state index in [0.717, 1.165) is 37.6 Å². The van der Waals surface area contributed by atoms with Crippen LogP contribution >= 0.6 is 0 Å². The molecule has 4 rings (SSSR count). The maximum atomic E-state index is 12.1. The Bertz CT molecular complexity index is 894. The first-order valence-corrected chi connectivity index (χ1v) is 9.78.